The molecule has 0 unspecified atom stereocenters. The first-order valence-corrected chi connectivity index (χ1v) is 8.31. The number of anilines is 1. The third kappa shape index (κ3) is 4.03. The predicted molar refractivity (Wildman–Crippen MR) is 99.8 cm³/mol. The Kier molecular flexibility index (Phi) is 5.23. The lowest BCUT2D eigenvalue weighted by molar-refractivity contribution is -0.117. The molecule has 1 atom stereocenters. The molecule has 3 aromatic rings. The van der Waals surface area contributed by atoms with E-state index in [9.17, 15) is 14.0 Å². The van der Waals surface area contributed by atoms with Crippen molar-refractivity contribution >= 4 is 17.4 Å². The first-order valence-electron chi connectivity index (χ1n) is 8.31. The van der Waals surface area contributed by atoms with E-state index >= 15 is 0 Å². The van der Waals surface area contributed by atoms with Crippen LogP contribution in [-0.4, -0.2) is 11.7 Å². The van der Waals surface area contributed by atoms with Gasteiger partial charge in [0.15, 0.2) is 5.78 Å². The van der Waals surface area contributed by atoms with Crippen molar-refractivity contribution in [1.29, 1.82) is 0 Å². The van der Waals surface area contributed by atoms with Crippen molar-refractivity contribution < 1.29 is 14.0 Å². The molecule has 4 heteroatoms. The second-order valence-electron chi connectivity index (χ2n) is 6.04. The van der Waals surface area contributed by atoms with Gasteiger partial charge in [-0.15, -0.1) is 0 Å². The Balaban J connectivity index is 1.78. The topological polar surface area (TPSA) is 46.2 Å². The smallest absolute Gasteiger partial charge is 0.231 e. The summed E-state index contributed by atoms with van der Waals surface area (Å²) in [5.74, 6) is -1.25. The number of hydrogen-bond donors (Lipinski definition) is 1. The number of rotatable bonds is 5. The Labute approximate surface area is 151 Å². The van der Waals surface area contributed by atoms with Gasteiger partial charge >= 0.3 is 0 Å². The molecule has 0 saturated carbocycles. The van der Waals surface area contributed by atoms with Crippen LogP contribution in [0, 0.1) is 5.82 Å². The zero-order valence-corrected chi connectivity index (χ0v) is 14.3. The van der Waals surface area contributed by atoms with E-state index in [0.717, 1.165) is 5.56 Å². The molecule has 0 radical (unpaired) electrons. The Bertz CT molecular complexity index is 938. The van der Waals surface area contributed by atoms with Gasteiger partial charge < -0.3 is 5.32 Å². The molecule has 3 rings (SSSR count). The molecule has 0 heterocycles. The van der Waals surface area contributed by atoms with Crippen LogP contribution in [0.3, 0.4) is 0 Å². The largest absolute Gasteiger partial charge is 0.325 e. The van der Waals surface area contributed by atoms with E-state index in [4.69, 9.17) is 0 Å². The summed E-state index contributed by atoms with van der Waals surface area (Å²) in [6, 6.07) is 21.8. The van der Waals surface area contributed by atoms with Crippen LogP contribution in [-0.2, 0) is 4.79 Å². The maximum absolute atomic E-state index is 13.3. The molecular weight excluding hydrogens is 329 g/mol. The number of benzene rings is 3. The molecule has 1 amide bonds. The summed E-state index contributed by atoms with van der Waals surface area (Å²) >= 11 is 0. The third-order valence-electron chi connectivity index (χ3n) is 4.17. The number of nitrogens with one attached hydrogen (secondary N) is 1. The number of carbonyl (C=O) groups excluding carboxylic acids is 2. The Morgan fingerprint density at radius 3 is 2.27 bits per heavy atom. The second kappa shape index (κ2) is 7.74. The number of halogens is 1. The Morgan fingerprint density at radius 2 is 1.54 bits per heavy atom. The molecule has 0 spiro atoms. The highest BCUT2D eigenvalue weighted by Crippen LogP contribution is 2.21. The van der Waals surface area contributed by atoms with Crippen molar-refractivity contribution in [2.45, 2.75) is 12.8 Å². The molecule has 0 fully saturated rings. The van der Waals surface area contributed by atoms with Crippen molar-refractivity contribution in [3.63, 3.8) is 0 Å². The molecule has 3 aromatic carbocycles. The normalized spacial score (nSPS) is 11.6. The van der Waals surface area contributed by atoms with E-state index in [1.54, 1.807) is 49.4 Å². The van der Waals surface area contributed by atoms with Crippen LogP contribution >= 0.6 is 0 Å². The fraction of sp³-hybridized carbons (Fsp3) is 0.0909. The van der Waals surface area contributed by atoms with Crippen LogP contribution in [0.2, 0.25) is 0 Å². The molecule has 0 aliphatic heterocycles. The number of ketones is 1. The average molecular weight is 347 g/mol. The van der Waals surface area contributed by atoms with Gasteiger partial charge in [0, 0.05) is 16.8 Å². The monoisotopic (exact) mass is 347 g/mol. The first kappa shape index (κ1) is 17.5. The third-order valence-corrected chi connectivity index (χ3v) is 4.17. The first-order chi connectivity index (χ1) is 12.5. The molecule has 130 valence electrons. The molecule has 0 saturated heterocycles. The van der Waals surface area contributed by atoms with Gasteiger partial charge in [0.1, 0.15) is 5.82 Å². The number of hydrogen-bond acceptors (Lipinski definition) is 2. The summed E-state index contributed by atoms with van der Waals surface area (Å²) in [4.78, 5) is 25.0. The van der Waals surface area contributed by atoms with Crippen molar-refractivity contribution in [2.75, 3.05) is 5.32 Å². The lowest BCUT2D eigenvalue weighted by atomic mass is 9.95. The van der Waals surface area contributed by atoms with Crippen molar-refractivity contribution in [3.8, 4) is 0 Å². The van der Waals surface area contributed by atoms with Crippen LogP contribution in [0.15, 0.2) is 78.9 Å². The molecule has 0 bridgehead atoms. The van der Waals surface area contributed by atoms with Crippen LogP contribution in [0.1, 0.15) is 34.3 Å². The highest BCUT2D eigenvalue weighted by molar-refractivity contribution is 6.09. The zero-order chi connectivity index (χ0) is 18.5. The Hall–Kier alpha value is -3.27. The Morgan fingerprint density at radius 1 is 0.846 bits per heavy atom. The zero-order valence-electron chi connectivity index (χ0n) is 14.3. The van der Waals surface area contributed by atoms with Gasteiger partial charge in [0.25, 0.3) is 0 Å². The minimum Gasteiger partial charge on any atom is -0.325 e. The summed E-state index contributed by atoms with van der Waals surface area (Å²) in [5, 5.41) is 2.70. The van der Waals surface area contributed by atoms with E-state index in [-0.39, 0.29) is 11.7 Å². The van der Waals surface area contributed by atoms with Crippen molar-refractivity contribution in [1.82, 2.24) is 0 Å². The summed E-state index contributed by atoms with van der Waals surface area (Å²) in [7, 11) is 0. The van der Waals surface area contributed by atoms with E-state index in [0.29, 0.717) is 16.8 Å². The fourth-order valence-electron chi connectivity index (χ4n) is 2.67. The van der Waals surface area contributed by atoms with Gasteiger partial charge in [0.2, 0.25) is 5.91 Å². The van der Waals surface area contributed by atoms with Gasteiger partial charge in [-0.25, -0.2) is 4.39 Å². The summed E-state index contributed by atoms with van der Waals surface area (Å²) in [6.45, 7) is 1.75. The lowest BCUT2D eigenvalue weighted by Crippen LogP contribution is -2.19. The predicted octanol–water partition coefficient (Wildman–Crippen LogP) is 4.80. The number of carbonyl (C=O) groups is 2. The number of amides is 1. The van der Waals surface area contributed by atoms with Gasteiger partial charge in [-0.3, -0.25) is 9.59 Å². The molecule has 0 aliphatic rings. The van der Waals surface area contributed by atoms with Gasteiger partial charge in [0.05, 0.1) is 5.92 Å². The van der Waals surface area contributed by atoms with E-state index in [2.05, 4.69) is 5.32 Å². The SMILES string of the molecule is C[C@@H](C(=O)Nc1cccc(F)c1)c1cccc(C(=O)c2ccccc2)c1. The van der Waals surface area contributed by atoms with Gasteiger partial charge in [-0.1, -0.05) is 54.6 Å². The highest BCUT2D eigenvalue weighted by Gasteiger charge is 2.17. The summed E-state index contributed by atoms with van der Waals surface area (Å²) in [6.07, 6.45) is 0. The second-order valence-corrected chi connectivity index (χ2v) is 6.04. The maximum atomic E-state index is 13.3. The lowest BCUT2D eigenvalue weighted by Gasteiger charge is -2.14. The molecular formula is C22H18FNO2. The fourth-order valence-corrected chi connectivity index (χ4v) is 2.67. The van der Waals surface area contributed by atoms with Gasteiger partial charge in [-0.2, -0.15) is 0 Å². The quantitative estimate of drug-likeness (QED) is 0.674. The van der Waals surface area contributed by atoms with Crippen LogP contribution in [0.5, 0.6) is 0 Å². The highest BCUT2D eigenvalue weighted by atomic mass is 19.1. The van der Waals surface area contributed by atoms with Gasteiger partial charge in [-0.05, 0) is 36.8 Å². The molecule has 26 heavy (non-hydrogen) atoms. The van der Waals surface area contributed by atoms with Crippen LogP contribution < -0.4 is 5.32 Å². The summed E-state index contributed by atoms with van der Waals surface area (Å²) in [5.41, 5.74) is 2.25. The molecule has 0 aliphatic carbocycles. The standard InChI is InChI=1S/C22H18FNO2/c1-15(22(26)24-20-12-6-11-19(23)14-20)17-9-5-10-18(13-17)21(25)16-7-3-2-4-8-16/h2-15H,1H3,(H,24,26)/t15-/m1/s1. The van der Waals surface area contributed by atoms with Crippen LogP contribution in [0.25, 0.3) is 0 Å². The molecule has 3 nitrogen and oxygen atoms in total. The van der Waals surface area contributed by atoms with E-state index in [1.165, 1.54) is 18.2 Å². The van der Waals surface area contributed by atoms with E-state index in [1.807, 2.05) is 18.2 Å². The molecule has 0 aromatic heterocycles. The maximum Gasteiger partial charge on any atom is 0.231 e. The molecule has 1 N–H and O–H groups in total. The minimum atomic E-state index is -0.484. The van der Waals surface area contributed by atoms with Crippen molar-refractivity contribution in [2.24, 2.45) is 0 Å². The minimum absolute atomic E-state index is 0.0924. The summed E-state index contributed by atoms with van der Waals surface area (Å²) < 4.78 is 13.3. The van der Waals surface area contributed by atoms with E-state index < -0.39 is 11.7 Å². The van der Waals surface area contributed by atoms with Crippen LogP contribution in [0.4, 0.5) is 10.1 Å². The van der Waals surface area contributed by atoms with Crippen molar-refractivity contribution in [3.05, 3.63) is 101 Å². The average Bonchev–Trinajstić information content (AvgIpc) is 2.67.